The fourth-order valence-electron chi connectivity index (χ4n) is 0.431. The lowest BCUT2D eigenvalue weighted by molar-refractivity contribution is 0.0405. The molecule has 0 radical (unpaired) electrons. The van der Waals surface area contributed by atoms with Crippen LogP contribution in [0.15, 0.2) is 0 Å². The zero-order chi connectivity index (χ0) is 7.82. The van der Waals surface area contributed by atoms with Crippen molar-refractivity contribution in [3.8, 4) is 0 Å². The number of amides is 1. The lowest BCUT2D eigenvalue weighted by atomic mass is 10.3. The van der Waals surface area contributed by atoms with Crippen LogP contribution in [-0.2, 0) is 4.84 Å². The van der Waals surface area contributed by atoms with Crippen molar-refractivity contribution in [1.29, 1.82) is 0 Å². The quantitative estimate of drug-likeness (QED) is 0.376. The van der Waals surface area contributed by atoms with Crippen molar-refractivity contribution in [2.75, 3.05) is 13.2 Å². The van der Waals surface area contributed by atoms with Gasteiger partial charge in [-0.3, -0.25) is 4.84 Å². The number of hydrogen-bond acceptors (Lipinski definition) is 3. The van der Waals surface area contributed by atoms with E-state index in [1.807, 2.05) is 0 Å². The third-order valence-corrected chi connectivity index (χ3v) is 0.860. The van der Waals surface area contributed by atoms with Crippen LogP contribution in [0.2, 0.25) is 0 Å². The van der Waals surface area contributed by atoms with Gasteiger partial charge in [-0.05, 0) is 19.4 Å². The largest absolute Gasteiger partial charge is 0.464 e. The first-order chi connectivity index (χ1) is 4.77. The highest BCUT2D eigenvalue weighted by molar-refractivity contribution is 5.62. The van der Waals surface area contributed by atoms with E-state index in [1.54, 1.807) is 5.48 Å². The molecule has 0 aliphatic carbocycles. The normalized spacial score (nSPS) is 9.30. The first-order valence-electron chi connectivity index (χ1n) is 3.08. The number of unbranched alkanes of at least 4 members (excludes halogenated alkanes) is 1. The number of carboxylic acid groups (broad SMARTS) is 1. The Morgan fingerprint density at radius 1 is 1.60 bits per heavy atom. The zero-order valence-electron chi connectivity index (χ0n) is 5.67. The molecule has 0 saturated heterocycles. The molecule has 0 saturated carbocycles. The zero-order valence-corrected chi connectivity index (χ0v) is 5.67. The van der Waals surface area contributed by atoms with Gasteiger partial charge in [0.25, 0.3) is 0 Å². The smallest absolute Gasteiger partial charge is 0.428 e. The molecule has 0 unspecified atom stereocenters. The van der Waals surface area contributed by atoms with Crippen molar-refractivity contribution in [1.82, 2.24) is 5.48 Å². The van der Waals surface area contributed by atoms with Crippen LogP contribution in [0.1, 0.15) is 12.8 Å². The fraction of sp³-hybridized carbons (Fsp3) is 0.800. The van der Waals surface area contributed by atoms with E-state index in [4.69, 9.17) is 10.8 Å². The van der Waals surface area contributed by atoms with E-state index in [-0.39, 0.29) is 0 Å². The lowest BCUT2D eigenvalue weighted by Crippen LogP contribution is -2.21. The van der Waals surface area contributed by atoms with E-state index in [0.717, 1.165) is 12.8 Å². The molecule has 0 aromatic heterocycles. The molecule has 4 N–H and O–H groups in total. The molecule has 0 aliphatic heterocycles. The summed E-state index contributed by atoms with van der Waals surface area (Å²) in [6, 6.07) is 0. The van der Waals surface area contributed by atoms with Crippen molar-refractivity contribution in [2.45, 2.75) is 12.8 Å². The Morgan fingerprint density at radius 3 is 2.80 bits per heavy atom. The number of rotatable bonds is 5. The second-order valence-electron chi connectivity index (χ2n) is 1.75. The van der Waals surface area contributed by atoms with Crippen molar-refractivity contribution in [2.24, 2.45) is 5.73 Å². The predicted octanol–water partition coefficient (Wildman–Crippen LogP) is -0.0755. The summed E-state index contributed by atoms with van der Waals surface area (Å²) in [4.78, 5) is 14.3. The van der Waals surface area contributed by atoms with Crippen LogP contribution < -0.4 is 11.2 Å². The number of nitrogens with one attached hydrogen (secondary N) is 1. The Hall–Kier alpha value is -0.810. The van der Waals surface area contributed by atoms with Gasteiger partial charge in [0.05, 0.1) is 6.61 Å². The maximum absolute atomic E-state index is 9.77. The molecule has 60 valence electrons. The van der Waals surface area contributed by atoms with Gasteiger partial charge in [-0.15, -0.1) is 0 Å². The number of hydroxylamine groups is 1. The van der Waals surface area contributed by atoms with Crippen LogP contribution >= 0.6 is 0 Å². The van der Waals surface area contributed by atoms with E-state index in [2.05, 4.69) is 4.84 Å². The second-order valence-corrected chi connectivity index (χ2v) is 1.75. The fourth-order valence-corrected chi connectivity index (χ4v) is 0.431. The van der Waals surface area contributed by atoms with Crippen molar-refractivity contribution >= 4 is 6.09 Å². The van der Waals surface area contributed by atoms with Gasteiger partial charge in [0.1, 0.15) is 0 Å². The second kappa shape index (κ2) is 6.31. The number of carbonyl (C=O) groups is 1. The van der Waals surface area contributed by atoms with Gasteiger partial charge in [-0.1, -0.05) is 0 Å². The van der Waals surface area contributed by atoms with Gasteiger partial charge in [-0.25, -0.2) is 4.79 Å². The van der Waals surface area contributed by atoms with Crippen molar-refractivity contribution in [3.63, 3.8) is 0 Å². The first-order valence-corrected chi connectivity index (χ1v) is 3.08. The van der Waals surface area contributed by atoms with Crippen molar-refractivity contribution < 1.29 is 14.7 Å². The van der Waals surface area contributed by atoms with Crippen LogP contribution in [0.3, 0.4) is 0 Å². The summed E-state index contributed by atoms with van der Waals surface area (Å²) in [5.41, 5.74) is 6.96. The summed E-state index contributed by atoms with van der Waals surface area (Å²) in [6.45, 7) is 0.986. The highest BCUT2D eigenvalue weighted by Crippen LogP contribution is 1.84. The van der Waals surface area contributed by atoms with Crippen LogP contribution in [-0.4, -0.2) is 24.4 Å². The minimum atomic E-state index is -1.17. The molecule has 5 nitrogen and oxygen atoms in total. The van der Waals surface area contributed by atoms with Crippen molar-refractivity contribution in [3.05, 3.63) is 0 Å². The van der Waals surface area contributed by atoms with Crippen LogP contribution in [0, 0.1) is 0 Å². The highest BCUT2D eigenvalue weighted by Gasteiger charge is 1.91. The van der Waals surface area contributed by atoms with Crippen LogP contribution in [0.25, 0.3) is 0 Å². The third-order valence-electron chi connectivity index (χ3n) is 0.860. The van der Waals surface area contributed by atoms with Gasteiger partial charge in [0.2, 0.25) is 0 Å². The predicted molar refractivity (Wildman–Crippen MR) is 35.4 cm³/mol. The van der Waals surface area contributed by atoms with E-state index in [1.165, 1.54) is 0 Å². The summed E-state index contributed by atoms with van der Waals surface area (Å²) < 4.78 is 0. The molecular formula is C5H12N2O3. The molecule has 0 atom stereocenters. The van der Waals surface area contributed by atoms with Crippen LogP contribution in [0.4, 0.5) is 4.79 Å². The molecule has 10 heavy (non-hydrogen) atoms. The minimum Gasteiger partial charge on any atom is -0.464 e. The average Bonchev–Trinajstić information content (AvgIpc) is 1.87. The summed E-state index contributed by atoms with van der Waals surface area (Å²) >= 11 is 0. The van der Waals surface area contributed by atoms with Gasteiger partial charge in [0, 0.05) is 0 Å². The number of nitrogens with two attached hydrogens (primary N) is 1. The topological polar surface area (TPSA) is 84.6 Å². The molecule has 0 bridgehead atoms. The van der Waals surface area contributed by atoms with Gasteiger partial charge < -0.3 is 10.8 Å². The molecule has 1 amide bonds. The molecule has 0 fully saturated rings. The average molecular weight is 148 g/mol. The van der Waals surface area contributed by atoms with Gasteiger partial charge in [-0.2, -0.15) is 5.48 Å². The first kappa shape index (κ1) is 9.19. The van der Waals surface area contributed by atoms with Crippen LogP contribution in [0.5, 0.6) is 0 Å². The Labute approximate surface area is 59.1 Å². The standard InChI is InChI=1S/C5H12N2O3/c6-3-1-2-4-10-7-5(8)9/h7H,1-4,6H2,(H,8,9). The maximum atomic E-state index is 9.77. The molecule has 0 rings (SSSR count). The Bertz CT molecular complexity index is 96.9. The Balaban J connectivity index is 2.84. The van der Waals surface area contributed by atoms with E-state index >= 15 is 0 Å². The summed E-state index contributed by atoms with van der Waals surface area (Å²) in [6.07, 6.45) is 0.450. The molecule has 0 heterocycles. The third kappa shape index (κ3) is 7.19. The lowest BCUT2D eigenvalue weighted by Gasteiger charge is -1.99. The summed E-state index contributed by atoms with van der Waals surface area (Å²) in [5.74, 6) is 0. The number of hydrogen-bond donors (Lipinski definition) is 3. The molecular weight excluding hydrogens is 136 g/mol. The van der Waals surface area contributed by atoms with Gasteiger partial charge >= 0.3 is 6.09 Å². The van der Waals surface area contributed by atoms with E-state index in [9.17, 15) is 4.79 Å². The molecule has 5 heteroatoms. The monoisotopic (exact) mass is 148 g/mol. The highest BCUT2D eigenvalue weighted by atomic mass is 16.7. The molecule has 0 aliphatic rings. The molecule has 0 spiro atoms. The molecule has 0 aromatic rings. The summed E-state index contributed by atoms with van der Waals surface area (Å²) in [7, 11) is 0. The van der Waals surface area contributed by atoms with E-state index < -0.39 is 6.09 Å². The Kier molecular flexibility index (Phi) is 5.80. The maximum Gasteiger partial charge on any atom is 0.428 e. The van der Waals surface area contributed by atoms with E-state index in [0.29, 0.717) is 13.2 Å². The summed E-state index contributed by atoms with van der Waals surface area (Å²) in [5, 5.41) is 8.01. The molecule has 0 aromatic carbocycles. The Morgan fingerprint density at radius 2 is 2.30 bits per heavy atom. The van der Waals surface area contributed by atoms with Gasteiger partial charge in [0.15, 0.2) is 0 Å². The minimum absolute atomic E-state index is 0.378. The SMILES string of the molecule is NCCCCONC(=O)O.